The van der Waals surface area contributed by atoms with Crippen LogP contribution < -0.4 is 4.90 Å². The van der Waals surface area contributed by atoms with Crippen LogP contribution in [0.3, 0.4) is 0 Å². The first-order valence-corrected chi connectivity index (χ1v) is 23.0. The summed E-state index contributed by atoms with van der Waals surface area (Å²) < 4.78 is 6.76. The Bertz CT molecular complexity index is 3640. The Labute approximate surface area is 385 Å². The number of hydrogen-bond acceptors (Lipinski definition) is 2. The van der Waals surface area contributed by atoms with Gasteiger partial charge >= 0.3 is 0 Å². The van der Waals surface area contributed by atoms with Crippen molar-refractivity contribution in [1.82, 2.24) is 0 Å². The summed E-state index contributed by atoms with van der Waals surface area (Å²) in [5.74, 6) is 0. The fourth-order valence-electron chi connectivity index (χ4n) is 11.6. The van der Waals surface area contributed by atoms with E-state index in [9.17, 15) is 0 Å². The first kappa shape index (κ1) is 38.3. The smallest absolute Gasteiger partial charge is 0.136 e. The van der Waals surface area contributed by atoms with Gasteiger partial charge in [0.2, 0.25) is 0 Å². The molecule has 0 atom stereocenters. The van der Waals surface area contributed by atoms with E-state index in [1.807, 2.05) is 0 Å². The lowest BCUT2D eigenvalue weighted by Gasteiger charge is -2.33. The molecule has 2 aliphatic carbocycles. The second kappa shape index (κ2) is 14.7. The molecule has 1 heterocycles. The second-order valence-corrected chi connectivity index (χ2v) is 18.4. The third kappa shape index (κ3) is 5.61. The van der Waals surface area contributed by atoms with Crippen LogP contribution in [0.2, 0.25) is 0 Å². The molecule has 312 valence electrons. The van der Waals surface area contributed by atoms with E-state index < -0.39 is 5.41 Å². The minimum atomic E-state index is -0.512. The minimum absolute atomic E-state index is 0.139. The minimum Gasteiger partial charge on any atom is -0.456 e. The van der Waals surface area contributed by atoms with Crippen molar-refractivity contribution in [2.75, 3.05) is 4.90 Å². The van der Waals surface area contributed by atoms with Gasteiger partial charge < -0.3 is 9.32 Å². The molecule has 13 rings (SSSR count). The van der Waals surface area contributed by atoms with Gasteiger partial charge in [-0.3, -0.25) is 0 Å². The largest absolute Gasteiger partial charge is 0.456 e. The molecule has 2 aliphatic rings. The zero-order valence-electron chi connectivity index (χ0n) is 36.9. The van der Waals surface area contributed by atoms with Gasteiger partial charge in [-0.05, 0) is 132 Å². The van der Waals surface area contributed by atoms with Crippen LogP contribution in [-0.4, -0.2) is 0 Å². The molecule has 0 unspecified atom stereocenters. The third-order valence-electron chi connectivity index (χ3n) is 14.5. The van der Waals surface area contributed by atoms with Gasteiger partial charge in [-0.15, -0.1) is 0 Å². The topological polar surface area (TPSA) is 16.4 Å². The molecule has 0 saturated carbocycles. The highest BCUT2D eigenvalue weighted by molar-refractivity contribution is 6.13. The van der Waals surface area contributed by atoms with Crippen LogP contribution in [0.4, 0.5) is 17.1 Å². The SMILES string of the molecule is CC1(C)c2ccccc2-c2ccc(N(c3cccc(-c4ccccc4)c3)c3cccc(-c4cccc5oc6ccc(C7(c8ccccc8)c8ccccc8-c8ccccc87)cc6c45)c3)cc21. The molecule has 11 aromatic rings. The monoisotopic (exact) mass is 843 g/mol. The van der Waals surface area contributed by atoms with E-state index in [1.54, 1.807) is 0 Å². The summed E-state index contributed by atoms with van der Waals surface area (Å²) in [6, 6.07) is 86.9. The summed E-state index contributed by atoms with van der Waals surface area (Å²) in [7, 11) is 0. The van der Waals surface area contributed by atoms with E-state index in [1.165, 1.54) is 66.8 Å². The van der Waals surface area contributed by atoms with Crippen molar-refractivity contribution in [3.63, 3.8) is 0 Å². The van der Waals surface area contributed by atoms with Crippen LogP contribution in [0, 0.1) is 0 Å². The van der Waals surface area contributed by atoms with Crippen molar-refractivity contribution >= 4 is 39.0 Å². The van der Waals surface area contributed by atoms with Crippen LogP contribution in [0.5, 0.6) is 0 Å². The highest BCUT2D eigenvalue weighted by Gasteiger charge is 2.46. The Morgan fingerprint density at radius 1 is 0.333 bits per heavy atom. The molecule has 2 heteroatoms. The van der Waals surface area contributed by atoms with E-state index >= 15 is 0 Å². The maximum atomic E-state index is 6.76. The number of anilines is 3. The van der Waals surface area contributed by atoms with Gasteiger partial charge in [-0.2, -0.15) is 0 Å². The Kier molecular flexibility index (Phi) is 8.51. The Balaban J connectivity index is 1.00. The first-order chi connectivity index (χ1) is 32.5. The highest BCUT2D eigenvalue weighted by atomic mass is 16.3. The van der Waals surface area contributed by atoms with Gasteiger partial charge in [-0.1, -0.05) is 196 Å². The number of furan rings is 1. The molecule has 66 heavy (non-hydrogen) atoms. The number of benzene rings is 10. The first-order valence-electron chi connectivity index (χ1n) is 23.0. The van der Waals surface area contributed by atoms with Crippen LogP contribution in [-0.2, 0) is 10.8 Å². The zero-order chi connectivity index (χ0) is 44.0. The lowest BCUT2D eigenvalue weighted by molar-refractivity contribution is 0.660. The van der Waals surface area contributed by atoms with Crippen molar-refractivity contribution in [2.45, 2.75) is 24.7 Å². The Morgan fingerprint density at radius 2 is 0.864 bits per heavy atom. The second-order valence-electron chi connectivity index (χ2n) is 18.4. The average Bonchev–Trinajstić information content (AvgIpc) is 3.98. The number of hydrogen-bond donors (Lipinski definition) is 0. The molecule has 1 aromatic heterocycles. The molecule has 0 aliphatic heterocycles. The van der Waals surface area contributed by atoms with Crippen LogP contribution in [0.1, 0.15) is 47.2 Å². The van der Waals surface area contributed by atoms with Crippen LogP contribution in [0.15, 0.2) is 241 Å². The van der Waals surface area contributed by atoms with Crippen molar-refractivity contribution in [3.05, 3.63) is 270 Å². The lowest BCUT2D eigenvalue weighted by Crippen LogP contribution is -2.28. The summed E-state index contributed by atoms with van der Waals surface area (Å²) in [4.78, 5) is 2.43. The maximum Gasteiger partial charge on any atom is 0.136 e. The molecule has 0 bridgehead atoms. The Hall–Kier alpha value is -8.20. The molecule has 0 saturated heterocycles. The van der Waals surface area contributed by atoms with Crippen LogP contribution in [0.25, 0.3) is 66.4 Å². The van der Waals surface area contributed by atoms with Crippen molar-refractivity contribution < 1.29 is 4.42 Å². The summed E-state index contributed by atoms with van der Waals surface area (Å²) in [6.45, 7) is 4.71. The molecule has 2 nitrogen and oxygen atoms in total. The molecule has 0 N–H and O–H groups in total. The summed E-state index contributed by atoms with van der Waals surface area (Å²) in [6.07, 6.45) is 0. The van der Waals surface area contributed by atoms with Gasteiger partial charge in [0.25, 0.3) is 0 Å². The number of nitrogens with zero attached hydrogens (tertiary/aromatic N) is 1. The molecule has 0 radical (unpaired) electrons. The molecule has 0 amide bonds. The van der Waals surface area contributed by atoms with Gasteiger partial charge in [0.1, 0.15) is 11.2 Å². The maximum absolute atomic E-state index is 6.76. The molecule has 0 fully saturated rings. The van der Waals surface area contributed by atoms with E-state index in [0.717, 1.165) is 50.1 Å². The fraction of sp³-hybridized carbons (Fsp3) is 0.0625. The predicted molar refractivity (Wildman–Crippen MR) is 274 cm³/mol. The summed E-state index contributed by atoms with van der Waals surface area (Å²) in [5.41, 5.74) is 22.0. The fourth-order valence-corrected chi connectivity index (χ4v) is 11.6. The van der Waals surface area contributed by atoms with Crippen molar-refractivity contribution in [1.29, 1.82) is 0 Å². The quantitative estimate of drug-likeness (QED) is 0.159. The molecular weight excluding hydrogens is 799 g/mol. The van der Waals surface area contributed by atoms with Crippen molar-refractivity contribution in [3.8, 4) is 44.5 Å². The van der Waals surface area contributed by atoms with Gasteiger partial charge in [0.05, 0.1) is 5.41 Å². The van der Waals surface area contributed by atoms with Gasteiger partial charge in [0.15, 0.2) is 0 Å². The highest BCUT2D eigenvalue weighted by Crippen LogP contribution is 2.57. The zero-order valence-corrected chi connectivity index (χ0v) is 36.9. The van der Waals surface area contributed by atoms with Crippen molar-refractivity contribution in [2.24, 2.45) is 0 Å². The third-order valence-corrected chi connectivity index (χ3v) is 14.5. The standard InChI is InChI=1S/C64H45NO/c1-63(2)56-30-12-9-26-51(56)54-36-35-49(41-59(54)63)65(47-24-15-20-43(38-47)42-18-5-3-6-19-42)48-25-16-21-44(39-48)50-29-17-33-61-62(50)55-40-46(34-37-60(55)66-61)64(45-22-7-4-8-23-45)57-31-13-10-27-52(57)53-28-11-14-32-58(53)64/h3-41H,1-2H3. The number of rotatable bonds is 7. The van der Waals surface area contributed by atoms with E-state index in [2.05, 4.69) is 255 Å². The summed E-state index contributed by atoms with van der Waals surface area (Å²) >= 11 is 0. The van der Waals surface area contributed by atoms with Crippen LogP contribution >= 0.6 is 0 Å². The Morgan fingerprint density at radius 3 is 1.58 bits per heavy atom. The van der Waals surface area contributed by atoms with E-state index in [-0.39, 0.29) is 5.41 Å². The normalized spacial score (nSPS) is 13.8. The summed E-state index contributed by atoms with van der Waals surface area (Å²) in [5, 5.41) is 2.22. The predicted octanol–water partition coefficient (Wildman–Crippen LogP) is 17.1. The number of fused-ring (bicyclic) bond motifs is 9. The lowest BCUT2D eigenvalue weighted by atomic mass is 9.67. The average molecular weight is 844 g/mol. The van der Waals surface area contributed by atoms with E-state index in [4.69, 9.17) is 4.42 Å². The van der Waals surface area contributed by atoms with E-state index in [0.29, 0.717) is 0 Å². The molecular formula is C64H45NO. The molecule has 0 spiro atoms. The van der Waals surface area contributed by atoms with Gasteiger partial charge in [-0.25, -0.2) is 0 Å². The molecule has 10 aromatic carbocycles. The van der Waals surface area contributed by atoms with Gasteiger partial charge in [0, 0.05) is 33.2 Å².